The van der Waals surface area contributed by atoms with E-state index >= 15 is 0 Å². The maximum Gasteiger partial charge on any atom is 0.0633 e. The molecule has 0 saturated carbocycles. The molecule has 0 atom stereocenters. The molecule has 0 amide bonds. The number of anilines is 6. The molecule has 6 heterocycles. The Morgan fingerprint density at radius 2 is 0.500 bits per heavy atom. The van der Waals surface area contributed by atoms with Crippen LogP contribution in [-0.2, 0) is 0 Å². The van der Waals surface area contributed by atoms with Crippen molar-refractivity contribution in [2.45, 2.75) is 0 Å². The second-order valence-corrected chi connectivity index (χ2v) is 17.5. The van der Waals surface area contributed by atoms with Gasteiger partial charge in [0.25, 0.3) is 0 Å². The molecule has 8 aromatic carbocycles. The van der Waals surface area contributed by atoms with Crippen molar-refractivity contribution in [2.24, 2.45) is 0 Å². The van der Waals surface area contributed by atoms with Crippen molar-refractivity contribution in [2.75, 3.05) is 9.80 Å². The fourth-order valence-corrected chi connectivity index (χ4v) is 11.0. The van der Waals surface area contributed by atoms with Crippen LogP contribution in [0.2, 0.25) is 0 Å². The lowest BCUT2D eigenvalue weighted by Gasteiger charge is -2.25. The minimum atomic E-state index is 1.02. The average Bonchev–Trinajstić information content (AvgIpc) is 3.97. The Morgan fingerprint density at radius 3 is 0.814 bits per heavy atom. The van der Waals surface area contributed by atoms with Crippen LogP contribution in [0.1, 0.15) is 0 Å². The first-order valence-corrected chi connectivity index (χ1v) is 23.4. The molecule has 8 nitrogen and oxygen atoms in total. The molecule has 8 heteroatoms. The smallest absolute Gasteiger partial charge is 0.0633 e. The normalized spacial score (nSPS) is 11.7. The Bertz CT molecular complexity index is 3910. The molecule has 0 aliphatic heterocycles. The summed E-state index contributed by atoms with van der Waals surface area (Å²) in [6.07, 6.45) is 14.7. The number of benzene rings is 8. The van der Waals surface area contributed by atoms with Gasteiger partial charge in [0, 0.05) is 127 Å². The zero-order valence-electron chi connectivity index (χ0n) is 37.7. The van der Waals surface area contributed by atoms with Crippen LogP contribution in [0.25, 0.3) is 87.3 Å². The van der Waals surface area contributed by atoms with Crippen LogP contribution >= 0.6 is 0 Å². The molecule has 0 aliphatic rings. The minimum Gasteiger partial charge on any atom is -0.310 e. The second kappa shape index (κ2) is 16.0. The van der Waals surface area contributed by atoms with Gasteiger partial charge in [-0.15, -0.1) is 0 Å². The highest BCUT2D eigenvalue weighted by atomic mass is 15.2. The summed E-state index contributed by atoms with van der Waals surface area (Å²) >= 11 is 0. The molecule has 6 aromatic heterocycles. The summed E-state index contributed by atoms with van der Waals surface area (Å²) in [5.41, 5.74) is 12.9. The molecule has 0 saturated heterocycles. The molecule has 0 N–H and O–H groups in total. The van der Waals surface area contributed by atoms with Crippen molar-refractivity contribution >= 4 is 110 Å². The van der Waals surface area contributed by atoms with Gasteiger partial charge in [-0.05, 0) is 131 Å². The Kier molecular flexibility index (Phi) is 9.03. The largest absolute Gasteiger partial charge is 0.310 e. The van der Waals surface area contributed by atoms with Gasteiger partial charge in [0.15, 0.2) is 0 Å². The van der Waals surface area contributed by atoms with E-state index in [-0.39, 0.29) is 0 Å². The number of hydrogen-bond acceptors (Lipinski definition) is 6. The van der Waals surface area contributed by atoms with E-state index in [9.17, 15) is 0 Å². The van der Waals surface area contributed by atoms with Crippen LogP contribution in [0.5, 0.6) is 0 Å². The molecule has 0 radical (unpaired) electrons. The van der Waals surface area contributed by atoms with E-state index in [2.05, 4.69) is 184 Å². The number of aromatic nitrogens is 6. The van der Waals surface area contributed by atoms with Crippen LogP contribution in [0.3, 0.4) is 0 Å². The van der Waals surface area contributed by atoms with Crippen molar-refractivity contribution in [1.29, 1.82) is 0 Å². The fourth-order valence-electron chi connectivity index (χ4n) is 11.0. The number of nitrogens with zero attached hydrogens (tertiary/aromatic N) is 8. The summed E-state index contributed by atoms with van der Waals surface area (Å²) in [7, 11) is 0. The van der Waals surface area contributed by atoms with E-state index in [4.69, 9.17) is 0 Å². The lowest BCUT2D eigenvalue weighted by Crippen LogP contribution is -2.10. The third kappa shape index (κ3) is 6.03. The first-order chi connectivity index (χ1) is 34.8. The number of rotatable bonds is 8. The first-order valence-electron chi connectivity index (χ1n) is 23.4. The van der Waals surface area contributed by atoms with Gasteiger partial charge >= 0.3 is 0 Å². The lowest BCUT2D eigenvalue weighted by molar-refractivity contribution is 1.17. The summed E-state index contributed by atoms with van der Waals surface area (Å²) in [5, 5.41) is 12.2. The topological polar surface area (TPSA) is 67.9 Å². The van der Waals surface area contributed by atoms with E-state index in [1.165, 1.54) is 64.9 Å². The summed E-state index contributed by atoms with van der Waals surface area (Å²) in [5.74, 6) is 0. The number of pyridine rings is 4. The molecular formula is C62H40N8. The van der Waals surface area contributed by atoms with Gasteiger partial charge in [-0.25, -0.2) is 0 Å². The molecule has 328 valence electrons. The van der Waals surface area contributed by atoms with Crippen LogP contribution in [0.15, 0.2) is 244 Å². The van der Waals surface area contributed by atoms with Crippen molar-refractivity contribution in [3.05, 3.63) is 244 Å². The molecule has 0 bridgehead atoms. The number of fused-ring (bicyclic) bond motifs is 15. The molecule has 0 aliphatic carbocycles. The maximum atomic E-state index is 4.32. The second-order valence-electron chi connectivity index (χ2n) is 17.5. The standard InChI is InChI=1S/C62H40N8/c1-3-11-51-49(9-1)57-53-13-5-7-15-55(53)69(43-21-17-41(18-22-43)67(45-25-33-63-34-26-45)46-27-35-64-36-28-46)61(57)60-52-12-4-2-10-50(52)58-54-14-6-8-16-56(54)70(62(58)59(51)60)44-23-19-42(20-24-44)68(47-29-37-65-38-30-47)48-31-39-66-40-32-48/h1-40H. The summed E-state index contributed by atoms with van der Waals surface area (Å²) in [6, 6.07) is 70.1. The highest BCUT2D eigenvalue weighted by Crippen LogP contribution is 2.50. The molecule has 70 heavy (non-hydrogen) atoms. The lowest BCUT2D eigenvalue weighted by atomic mass is 9.90. The molecule has 0 spiro atoms. The average molecular weight is 897 g/mol. The van der Waals surface area contributed by atoms with Gasteiger partial charge in [0.1, 0.15) is 0 Å². The first kappa shape index (κ1) is 39.5. The van der Waals surface area contributed by atoms with Gasteiger partial charge in [-0.2, -0.15) is 0 Å². The minimum absolute atomic E-state index is 1.02. The Labute approximate surface area is 402 Å². The zero-order chi connectivity index (χ0) is 46.1. The van der Waals surface area contributed by atoms with Gasteiger partial charge in [0.2, 0.25) is 0 Å². The maximum absolute atomic E-state index is 4.32. The van der Waals surface area contributed by atoms with Crippen molar-refractivity contribution in [1.82, 2.24) is 29.1 Å². The summed E-state index contributed by atoms with van der Waals surface area (Å²) in [4.78, 5) is 21.8. The predicted molar refractivity (Wildman–Crippen MR) is 288 cm³/mol. The van der Waals surface area contributed by atoms with Crippen LogP contribution in [0, 0.1) is 0 Å². The van der Waals surface area contributed by atoms with Crippen molar-refractivity contribution in [3.8, 4) is 11.4 Å². The van der Waals surface area contributed by atoms with Gasteiger partial charge in [-0.3, -0.25) is 19.9 Å². The zero-order valence-corrected chi connectivity index (χ0v) is 37.7. The van der Waals surface area contributed by atoms with Crippen LogP contribution in [0.4, 0.5) is 34.1 Å². The Balaban J connectivity index is 1.08. The quantitative estimate of drug-likeness (QED) is 0.142. The van der Waals surface area contributed by atoms with Crippen LogP contribution in [-0.4, -0.2) is 29.1 Å². The Morgan fingerprint density at radius 1 is 0.243 bits per heavy atom. The van der Waals surface area contributed by atoms with E-state index < -0.39 is 0 Å². The van der Waals surface area contributed by atoms with Gasteiger partial charge < -0.3 is 18.9 Å². The highest BCUT2D eigenvalue weighted by Gasteiger charge is 2.26. The monoisotopic (exact) mass is 896 g/mol. The van der Waals surface area contributed by atoms with E-state index in [0.717, 1.165) is 56.5 Å². The van der Waals surface area contributed by atoms with Gasteiger partial charge in [-0.1, -0.05) is 84.9 Å². The van der Waals surface area contributed by atoms with Crippen molar-refractivity contribution in [3.63, 3.8) is 0 Å². The summed E-state index contributed by atoms with van der Waals surface area (Å²) in [6.45, 7) is 0. The van der Waals surface area contributed by atoms with E-state index in [0.29, 0.717) is 0 Å². The molecule has 14 rings (SSSR count). The van der Waals surface area contributed by atoms with E-state index in [1.54, 1.807) is 0 Å². The van der Waals surface area contributed by atoms with Gasteiger partial charge in [0.05, 0.1) is 22.1 Å². The number of para-hydroxylation sites is 2. The fraction of sp³-hybridized carbons (Fsp3) is 0. The molecule has 0 fully saturated rings. The SMILES string of the molecule is c1ccc2c(c1)c1c3ccccc3n(-c3ccc(N(c4ccncc4)c4ccncc4)cc3)c1c1c3ccccc3c3c4ccccc4n(-c4ccc(N(c5ccncc5)c5ccncc5)cc4)c3c21. The predicted octanol–water partition coefficient (Wildman–Crippen LogP) is 15.9. The Hall–Kier alpha value is -9.66. The van der Waals surface area contributed by atoms with Crippen molar-refractivity contribution < 1.29 is 0 Å². The third-order valence-electron chi connectivity index (χ3n) is 13.8. The number of hydrogen-bond donors (Lipinski definition) is 0. The van der Waals surface area contributed by atoms with Crippen LogP contribution < -0.4 is 9.80 Å². The molecular weight excluding hydrogens is 857 g/mol. The molecule has 0 unspecified atom stereocenters. The molecule has 14 aromatic rings. The third-order valence-corrected chi connectivity index (χ3v) is 13.8. The highest BCUT2D eigenvalue weighted by molar-refractivity contribution is 6.44. The van der Waals surface area contributed by atoms with E-state index in [1.807, 2.05) is 98.1 Å². The summed E-state index contributed by atoms with van der Waals surface area (Å²) < 4.78 is 5.00.